The SMILES string of the molecule is C[C@@]1(O)CC2(CCN(C(=O)C3CCNCC3)CC2)OC[C@H]1n1ccc(N)nc1=O. The number of likely N-dealkylation sites (tertiary alicyclic amines) is 1. The maximum absolute atomic E-state index is 12.8. The van der Waals surface area contributed by atoms with Crippen molar-refractivity contribution in [3.8, 4) is 0 Å². The van der Waals surface area contributed by atoms with E-state index in [1.54, 1.807) is 19.2 Å². The van der Waals surface area contributed by atoms with Crippen molar-refractivity contribution in [1.82, 2.24) is 19.8 Å². The molecule has 4 rings (SSSR count). The number of nitrogens with one attached hydrogen (secondary N) is 1. The van der Waals surface area contributed by atoms with Gasteiger partial charge in [-0.1, -0.05) is 0 Å². The fourth-order valence-corrected chi connectivity index (χ4v) is 5.08. The third kappa shape index (κ3) is 4.04. The molecular weight excluding hydrogens is 374 g/mol. The van der Waals surface area contributed by atoms with Crippen molar-refractivity contribution in [3.05, 3.63) is 22.7 Å². The zero-order valence-electron chi connectivity index (χ0n) is 17.0. The highest BCUT2D eigenvalue weighted by atomic mass is 16.5. The number of nitrogens with zero attached hydrogens (tertiary/aromatic N) is 3. The van der Waals surface area contributed by atoms with Gasteiger partial charge in [-0.15, -0.1) is 0 Å². The van der Waals surface area contributed by atoms with E-state index < -0.39 is 22.9 Å². The Morgan fingerprint density at radius 2 is 2.03 bits per heavy atom. The quantitative estimate of drug-likeness (QED) is 0.628. The third-order valence-electron chi connectivity index (χ3n) is 6.81. The summed E-state index contributed by atoms with van der Waals surface area (Å²) in [6, 6.07) is 1.02. The number of nitrogens with two attached hydrogens (primary N) is 1. The van der Waals surface area contributed by atoms with Crippen molar-refractivity contribution < 1.29 is 14.6 Å². The van der Waals surface area contributed by atoms with E-state index in [-0.39, 0.29) is 24.2 Å². The summed E-state index contributed by atoms with van der Waals surface area (Å²) in [5.41, 5.74) is 3.50. The Kier molecular flexibility index (Phi) is 5.39. The summed E-state index contributed by atoms with van der Waals surface area (Å²) in [6.45, 7) is 5.07. The summed E-state index contributed by atoms with van der Waals surface area (Å²) in [5.74, 6) is 0.529. The summed E-state index contributed by atoms with van der Waals surface area (Å²) in [6.07, 6.45) is 5.17. The van der Waals surface area contributed by atoms with E-state index in [1.165, 1.54) is 4.57 Å². The van der Waals surface area contributed by atoms with E-state index in [2.05, 4.69) is 10.3 Å². The zero-order chi connectivity index (χ0) is 20.6. The Hall–Kier alpha value is -1.97. The first-order chi connectivity index (χ1) is 13.8. The Bertz CT molecular complexity index is 809. The molecule has 0 radical (unpaired) electrons. The lowest BCUT2D eigenvalue weighted by Gasteiger charge is -2.51. The Morgan fingerprint density at radius 3 is 2.66 bits per heavy atom. The van der Waals surface area contributed by atoms with Crippen LogP contribution in [0.5, 0.6) is 0 Å². The van der Waals surface area contributed by atoms with Crippen LogP contribution in [0, 0.1) is 5.92 Å². The van der Waals surface area contributed by atoms with Crippen molar-refractivity contribution in [2.24, 2.45) is 5.92 Å². The molecule has 3 fully saturated rings. The second kappa shape index (κ2) is 7.70. The van der Waals surface area contributed by atoms with Gasteiger partial charge in [0.1, 0.15) is 5.82 Å². The number of ether oxygens (including phenoxy) is 1. The number of nitrogen functional groups attached to an aromatic ring is 1. The third-order valence-corrected chi connectivity index (χ3v) is 6.81. The number of carbonyl (C=O) groups is 1. The van der Waals surface area contributed by atoms with Crippen LogP contribution < -0.4 is 16.7 Å². The average Bonchev–Trinajstić information content (AvgIpc) is 2.69. The number of piperidine rings is 2. The molecule has 160 valence electrons. The summed E-state index contributed by atoms with van der Waals surface area (Å²) in [7, 11) is 0. The molecule has 3 saturated heterocycles. The molecule has 3 aliphatic heterocycles. The summed E-state index contributed by atoms with van der Waals surface area (Å²) in [4.78, 5) is 30.7. The van der Waals surface area contributed by atoms with Gasteiger partial charge in [0, 0.05) is 31.6 Å². The lowest BCUT2D eigenvalue weighted by molar-refractivity contribution is -0.198. The predicted octanol–water partition coefficient (Wildman–Crippen LogP) is -0.101. The lowest BCUT2D eigenvalue weighted by atomic mass is 9.75. The number of carbonyl (C=O) groups excluding carboxylic acids is 1. The normalized spacial score (nSPS) is 30.4. The molecule has 4 N–H and O–H groups in total. The Labute approximate surface area is 170 Å². The number of anilines is 1. The number of amides is 1. The molecular formula is C20H31N5O4. The lowest BCUT2D eigenvalue weighted by Crippen LogP contribution is -2.59. The Balaban J connectivity index is 1.41. The molecule has 3 aliphatic rings. The number of aromatic nitrogens is 2. The zero-order valence-corrected chi connectivity index (χ0v) is 17.0. The maximum Gasteiger partial charge on any atom is 0.349 e. The topological polar surface area (TPSA) is 123 Å². The van der Waals surface area contributed by atoms with Crippen LogP contribution in [-0.2, 0) is 9.53 Å². The number of hydrogen-bond donors (Lipinski definition) is 3. The standard InChI is InChI=1S/C20H31N5O4/c1-19(28)13-20(29-12-15(19)25-9-4-16(21)23-18(25)27)5-10-24(11-6-20)17(26)14-2-7-22-8-3-14/h4,9,14-15,22,28H,2-3,5-8,10-13H2,1H3,(H2,21,23,27)/t15-,19-/m1/s1. The van der Waals surface area contributed by atoms with Crippen LogP contribution in [0.15, 0.2) is 17.1 Å². The van der Waals surface area contributed by atoms with Crippen LogP contribution in [-0.4, -0.2) is 69.5 Å². The van der Waals surface area contributed by atoms with E-state index in [0.29, 0.717) is 32.4 Å². The van der Waals surface area contributed by atoms with Crippen molar-refractivity contribution in [2.75, 3.05) is 38.5 Å². The predicted molar refractivity (Wildman–Crippen MR) is 107 cm³/mol. The van der Waals surface area contributed by atoms with E-state index >= 15 is 0 Å². The minimum absolute atomic E-state index is 0.120. The summed E-state index contributed by atoms with van der Waals surface area (Å²) in [5, 5.41) is 14.5. The number of hydrogen-bond acceptors (Lipinski definition) is 7. The van der Waals surface area contributed by atoms with E-state index in [0.717, 1.165) is 25.9 Å². The van der Waals surface area contributed by atoms with Crippen LogP contribution in [0.25, 0.3) is 0 Å². The van der Waals surface area contributed by atoms with Crippen LogP contribution in [0.3, 0.4) is 0 Å². The molecule has 0 bridgehead atoms. The molecule has 4 heterocycles. The van der Waals surface area contributed by atoms with Crippen LogP contribution in [0.1, 0.15) is 45.1 Å². The molecule has 0 aliphatic carbocycles. The minimum Gasteiger partial charge on any atom is -0.388 e. The molecule has 9 nitrogen and oxygen atoms in total. The van der Waals surface area contributed by atoms with Crippen molar-refractivity contribution in [2.45, 2.75) is 56.3 Å². The molecule has 1 aromatic rings. The molecule has 2 atom stereocenters. The van der Waals surface area contributed by atoms with Gasteiger partial charge in [-0.05, 0) is 51.8 Å². The highest BCUT2D eigenvalue weighted by Gasteiger charge is 2.50. The largest absolute Gasteiger partial charge is 0.388 e. The number of rotatable bonds is 2. The number of aliphatic hydroxyl groups is 1. The first-order valence-electron chi connectivity index (χ1n) is 10.5. The van der Waals surface area contributed by atoms with E-state index in [9.17, 15) is 14.7 Å². The molecule has 0 unspecified atom stereocenters. The van der Waals surface area contributed by atoms with Crippen LogP contribution in [0.2, 0.25) is 0 Å². The van der Waals surface area contributed by atoms with Gasteiger partial charge in [-0.3, -0.25) is 9.36 Å². The smallest absolute Gasteiger partial charge is 0.349 e. The molecule has 1 amide bonds. The Morgan fingerprint density at radius 1 is 1.34 bits per heavy atom. The second-order valence-electron chi connectivity index (χ2n) is 8.94. The van der Waals surface area contributed by atoms with Crippen LogP contribution >= 0.6 is 0 Å². The summed E-state index contributed by atoms with van der Waals surface area (Å²) >= 11 is 0. The maximum atomic E-state index is 12.8. The van der Waals surface area contributed by atoms with Gasteiger partial charge in [-0.2, -0.15) is 4.98 Å². The average molecular weight is 405 g/mol. The molecule has 9 heteroatoms. The van der Waals surface area contributed by atoms with E-state index in [4.69, 9.17) is 10.5 Å². The van der Waals surface area contributed by atoms with Gasteiger partial charge in [0.05, 0.1) is 23.9 Å². The molecule has 1 spiro atoms. The fourth-order valence-electron chi connectivity index (χ4n) is 5.08. The minimum atomic E-state index is -1.12. The highest BCUT2D eigenvalue weighted by Crippen LogP contribution is 2.43. The van der Waals surface area contributed by atoms with Gasteiger partial charge in [-0.25, -0.2) is 4.79 Å². The van der Waals surface area contributed by atoms with Crippen LogP contribution in [0.4, 0.5) is 5.82 Å². The second-order valence-corrected chi connectivity index (χ2v) is 8.94. The molecule has 29 heavy (non-hydrogen) atoms. The summed E-state index contributed by atoms with van der Waals surface area (Å²) < 4.78 is 7.64. The van der Waals surface area contributed by atoms with Crippen molar-refractivity contribution in [3.63, 3.8) is 0 Å². The van der Waals surface area contributed by atoms with Gasteiger partial charge in [0.2, 0.25) is 5.91 Å². The molecule has 0 saturated carbocycles. The monoisotopic (exact) mass is 405 g/mol. The van der Waals surface area contributed by atoms with Gasteiger partial charge in [0.15, 0.2) is 0 Å². The van der Waals surface area contributed by atoms with Gasteiger partial charge >= 0.3 is 5.69 Å². The molecule has 0 aromatic carbocycles. The fraction of sp³-hybridized carbons (Fsp3) is 0.750. The van der Waals surface area contributed by atoms with Gasteiger partial charge < -0.3 is 25.8 Å². The molecule has 1 aromatic heterocycles. The van der Waals surface area contributed by atoms with Crippen molar-refractivity contribution >= 4 is 11.7 Å². The van der Waals surface area contributed by atoms with Gasteiger partial charge in [0.25, 0.3) is 0 Å². The first-order valence-corrected chi connectivity index (χ1v) is 10.5. The van der Waals surface area contributed by atoms with E-state index in [1.807, 2.05) is 4.90 Å². The highest BCUT2D eigenvalue weighted by molar-refractivity contribution is 5.79. The van der Waals surface area contributed by atoms with Crippen molar-refractivity contribution in [1.29, 1.82) is 0 Å². The first kappa shape index (κ1) is 20.3.